The predicted molar refractivity (Wildman–Crippen MR) is 71.3 cm³/mol. The second kappa shape index (κ2) is 6.89. The molecule has 1 aliphatic heterocycles. The summed E-state index contributed by atoms with van der Waals surface area (Å²) in [5.41, 5.74) is 5.33. The Morgan fingerprint density at radius 1 is 1.21 bits per heavy atom. The third kappa shape index (κ3) is 4.49. The first kappa shape index (κ1) is 14.3. The van der Waals surface area contributed by atoms with Gasteiger partial charge in [0.05, 0.1) is 6.10 Å². The van der Waals surface area contributed by atoms with Crippen LogP contribution in [0, 0.1) is 5.92 Å². The van der Waals surface area contributed by atoms with Gasteiger partial charge in [-0.2, -0.15) is 0 Å². The van der Waals surface area contributed by atoms with Gasteiger partial charge in [-0.05, 0) is 38.5 Å². The summed E-state index contributed by atoms with van der Waals surface area (Å²) in [6.45, 7) is 0.829. The van der Waals surface area contributed by atoms with Crippen molar-refractivity contribution in [3.8, 4) is 0 Å². The van der Waals surface area contributed by atoms with Crippen LogP contribution < -0.4 is 11.1 Å². The molecule has 0 aromatic heterocycles. The van der Waals surface area contributed by atoms with E-state index in [4.69, 9.17) is 10.5 Å². The van der Waals surface area contributed by atoms with Crippen LogP contribution in [0.25, 0.3) is 0 Å². The van der Waals surface area contributed by atoms with E-state index in [-0.39, 0.29) is 29.9 Å². The monoisotopic (exact) mass is 268 g/mol. The molecule has 2 fully saturated rings. The van der Waals surface area contributed by atoms with Crippen molar-refractivity contribution in [3.05, 3.63) is 0 Å². The lowest BCUT2D eigenvalue weighted by Crippen LogP contribution is -2.41. The fraction of sp³-hybridized carbons (Fsp3) is 0.857. The van der Waals surface area contributed by atoms with Crippen molar-refractivity contribution in [2.75, 3.05) is 6.61 Å². The summed E-state index contributed by atoms with van der Waals surface area (Å²) in [6.07, 6.45) is 7.23. The van der Waals surface area contributed by atoms with E-state index in [0.717, 1.165) is 45.1 Å². The minimum atomic E-state index is -0.238. The average Bonchev–Trinajstić information content (AvgIpc) is 2.90. The maximum absolute atomic E-state index is 11.9. The van der Waals surface area contributed by atoms with E-state index in [9.17, 15) is 9.59 Å². The zero-order chi connectivity index (χ0) is 13.7. The van der Waals surface area contributed by atoms with E-state index in [1.54, 1.807) is 0 Å². The molecule has 0 unspecified atom stereocenters. The summed E-state index contributed by atoms with van der Waals surface area (Å²) in [6, 6.07) is 0.114. The number of amides is 2. The fourth-order valence-electron chi connectivity index (χ4n) is 3.04. The minimum Gasteiger partial charge on any atom is -0.378 e. The number of primary amides is 1. The van der Waals surface area contributed by atoms with Crippen LogP contribution in [0.4, 0.5) is 0 Å². The second-order valence-corrected chi connectivity index (χ2v) is 5.70. The summed E-state index contributed by atoms with van der Waals surface area (Å²) in [7, 11) is 0. The number of carbonyl (C=O) groups excluding carboxylic acids is 2. The van der Waals surface area contributed by atoms with Gasteiger partial charge >= 0.3 is 0 Å². The molecular weight excluding hydrogens is 244 g/mol. The second-order valence-electron chi connectivity index (χ2n) is 5.70. The number of carbonyl (C=O) groups is 2. The highest BCUT2D eigenvalue weighted by Crippen LogP contribution is 2.24. The number of rotatable bonds is 5. The molecule has 5 nitrogen and oxygen atoms in total. The normalized spacial score (nSPS) is 31.1. The Labute approximate surface area is 114 Å². The first-order chi connectivity index (χ1) is 9.15. The number of nitrogens with one attached hydrogen (secondary N) is 1. The lowest BCUT2D eigenvalue weighted by Gasteiger charge is -2.28. The van der Waals surface area contributed by atoms with Gasteiger partial charge in [-0.15, -0.1) is 0 Å². The Morgan fingerprint density at radius 3 is 2.74 bits per heavy atom. The van der Waals surface area contributed by atoms with Gasteiger partial charge in [0.25, 0.3) is 0 Å². The maximum atomic E-state index is 11.9. The van der Waals surface area contributed by atoms with Crippen LogP contribution in [0.2, 0.25) is 0 Å². The smallest absolute Gasteiger partial charge is 0.220 e. The van der Waals surface area contributed by atoms with Gasteiger partial charge in [-0.25, -0.2) is 0 Å². The molecule has 0 aromatic carbocycles. The average molecular weight is 268 g/mol. The number of hydrogen-bond donors (Lipinski definition) is 2. The van der Waals surface area contributed by atoms with Crippen molar-refractivity contribution < 1.29 is 14.3 Å². The highest BCUT2D eigenvalue weighted by atomic mass is 16.5. The van der Waals surface area contributed by atoms with Crippen molar-refractivity contribution >= 4 is 11.8 Å². The zero-order valence-corrected chi connectivity index (χ0v) is 11.4. The van der Waals surface area contributed by atoms with Crippen LogP contribution in [0.15, 0.2) is 0 Å². The fourth-order valence-corrected chi connectivity index (χ4v) is 3.04. The largest absolute Gasteiger partial charge is 0.378 e. The predicted octanol–water partition coefficient (Wildman–Crippen LogP) is 1.11. The Kier molecular flexibility index (Phi) is 5.19. The number of ether oxygens (including phenoxy) is 1. The zero-order valence-electron chi connectivity index (χ0n) is 11.4. The van der Waals surface area contributed by atoms with Crippen LogP contribution in [-0.2, 0) is 14.3 Å². The summed E-state index contributed by atoms with van der Waals surface area (Å²) >= 11 is 0. The molecular formula is C14H24N2O3. The Morgan fingerprint density at radius 2 is 2.05 bits per heavy atom. The first-order valence-corrected chi connectivity index (χ1v) is 7.35. The summed E-state index contributed by atoms with van der Waals surface area (Å²) in [5, 5.41) is 3.03. The van der Waals surface area contributed by atoms with Crippen LogP contribution >= 0.6 is 0 Å². The molecule has 3 N–H and O–H groups in total. The van der Waals surface area contributed by atoms with Gasteiger partial charge in [-0.3, -0.25) is 9.59 Å². The summed E-state index contributed by atoms with van der Waals surface area (Å²) < 4.78 is 5.50. The summed E-state index contributed by atoms with van der Waals surface area (Å²) in [5.74, 6) is -0.235. The van der Waals surface area contributed by atoms with Crippen LogP contribution in [0.3, 0.4) is 0 Å². The molecule has 0 radical (unpaired) electrons. The molecule has 0 aromatic rings. The van der Waals surface area contributed by atoms with E-state index in [2.05, 4.69) is 5.32 Å². The molecule has 2 aliphatic rings. The van der Waals surface area contributed by atoms with Crippen molar-refractivity contribution in [2.45, 2.75) is 63.5 Å². The lowest BCUT2D eigenvalue weighted by atomic mass is 9.85. The Balaban J connectivity index is 1.67. The van der Waals surface area contributed by atoms with Crippen molar-refractivity contribution in [1.29, 1.82) is 0 Å². The highest BCUT2D eigenvalue weighted by Gasteiger charge is 2.26. The van der Waals surface area contributed by atoms with Crippen molar-refractivity contribution in [3.63, 3.8) is 0 Å². The third-order valence-electron chi connectivity index (χ3n) is 4.16. The van der Waals surface area contributed by atoms with Crippen LogP contribution in [0.1, 0.15) is 51.4 Å². The molecule has 108 valence electrons. The molecule has 2 rings (SSSR count). The van der Waals surface area contributed by atoms with Gasteiger partial charge in [-0.1, -0.05) is 6.42 Å². The van der Waals surface area contributed by atoms with E-state index in [1.165, 1.54) is 0 Å². The van der Waals surface area contributed by atoms with Gasteiger partial charge in [0, 0.05) is 25.0 Å². The third-order valence-corrected chi connectivity index (χ3v) is 4.16. The molecule has 1 heterocycles. The summed E-state index contributed by atoms with van der Waals surface area (Å²) in [4.78, 5) is 23.0. The Bertz CT molecular complexity index is 327. The van der Waals surface area contributed by atoms with E-state index < -0.39 is 0 Å². The van der Waals surface area contributed by atoms with E-state index in [1.807, 2.05) is 0 Å². The molecule has 1 aliphatic carbocycles. The van der Waals surface area contributed by atoms with Gasteiger partial charge in [0.15, 0.2) is 0 Å². The van der Waals surface area contributed by atoms with Crippen molar-refractivity contribution in [2.24, 2.45) is 11.7 Å². The molecule has 19 heavy (non-hydrogen) atoms. The molecule has 0 bridgehead atoms. The van der Waals surface area contributed by atoms with E-state index in [0.29, 0.717) is 12.8 Å². The maximum Gasteiger partial charge on any atom is 0.220 e. The molecule has 1 saturated carbocycles. The molecule has 2 amide bonds. The van der Waals surface area contributed by atoms with Crippen molar-refractivity contribution in [1.82, 2.24) is 5.32 Å². The van der Waals surface area contributed by atoms with Crippen LogP contribution in [0.5, 0.6) is 0 Å². The van der Waals surface area contributed by atoms with Gasteiger partial charge < -0.3 is 15.8 Å². The molecule has 1 saturated heterocycles. The first-order valence-electron chi connectivity index (χ1n) is 7.35. The number of nitrogens with two attached hydrogens (primary N) is 1. The Hall–Kier alpha value is -1.10. The standard InChI is InChI=1S/C14H24N2O3/c15-14(18)10-3-1-4-11(9-10)16-13(17)7-6-12-5-2-8-19-12/h10-12H,1-9H2,(H2,15,18)(H,16,17)/t10-,11+,12-/m1/s1. The highest BCUT2D eigenvalue weighted by molar-refractivity contribution is 5.78. The molecule has 0 spiro atoms. The quantitative estimate of drug-likeness (QED) is 0.783. The molecule has 5 heteroatoms. The number of hydrogen-bond acceptors (Lipinski definition) is 3. The minimum absolute atomic E-state index is 0.0720. The topological polar surface area (TPSA) is 81.4 Å². The van der Waals surface area contributed by atoms with E-state index >= 15 is 0 Å². The van der Waals surface area contributed by atoms with Gasteiger partial charge in [0.1, 0.15) is 0 Å². The van der Waals surface area contributed by atoms with Gasteiger partial charge in [0.2, 0.25) is 11.8 Å². The van der Waals surface area contributed by atoms with Crippen LogP contribution in [-0.4, -0.2) is 30.6 Å². The molecule has 3 atom stereocenters. The lowest BCUT2D eigenvalue weighted by molar-refractivity contribution is -0.125. The SMILES string of the molecule is NC(=O)[C@@H]1CCC[C@H](NC(=O)CC[C@H]2CCCO2)C1.